The number of carboxylic acid groups (broad SMARTS) is 2. The molecule has 0 bridgehead atoms. The van der Waals surface area contributed by atoms with Crippen molar-refractivity contribution >= 4 is 11.9 Å². The first-order valence-electron chi connectivity index (χ1n) is 2.74. The van der Waals surface area contributed by atoms with E-state index < -0.39 is 18.0 Å². The van der Waals surface area contributed by atoms with Gasteiger partial charge in [-0.25, -0.2) is 0 Å². The van der Waals surface area contributed by atoms with E-state index in [9.17, 15) is 9.59 Å². The number of rotatable bonds is 4. The minimum atomic E-state index is -1.17. The van der Waals surface area contributed by atoms with Crippen LogP contribution in [0.2, 0.25) is 0 Å². The Morgan fingerprint density at radius 2 is 1.62 bits per heavy atom. The number of hydrogen-bond donors (Lipinski definition) is 3. The molecule has 13 heavy (non-hydrogen) atoms. The average Bonchev–Trinajstić information content (AvgIpc) is 1.82. The van der Waals surface area contributed by atoms with Crippen molar-refractivity contribution < 1.29 is 47.8 Å². The Labute approximate surface area is 85.0 Å². The minimum absolute atomic E-state index is 0. The summed E-state index contributed by atoms with van der Waals surface area (Å²) in [4.78, 5) is 19.9. The Morgan fingerprint density at radius 1 is 1.23 bits per heavy atom. The van der Waals surface area contributed by atoms with Crippen molar-refractivity contribution in [2.45, 2.75) is 18.9 Å². The van der Waals surface area contributed by atoms with Crippen molar-refractivity contribution in [3.05, 3.63) is 0 Å². The minimum Gasteiger partial charge on any atom is -0.481 e. The molecule has 0 saturated heterocycles. The van der Waals surface area contributed by atoms with E-state index in [-0.39, 0.29) is 40.9 Å². The van der Waals surface area contributed by atoms with Gasteiger partial charge in [-0.2, -0.15) is 0 Å². The summed E-state index contributed by atoms with van der Waals surface area (Å²) in [6, 6.07) is -1.06. The second-order valence-electron chi connectivity index (χ2n) is 1.88. The standard InChI is InChI=1S/C5H9NO4.Mn.2H2O/c6-3(5(9)10)1-2-4(7)8;;;/h3H,1-2,6H2,(H,7,8)(H,9,10);;2*1H2/t3-;;;/m0.../s1. The second-order valence-corrected chi connectivity index (χ2v) is 1.88. The third-order valence-corrected chi connectivity index (χ3v) is 0.986. The molecule has 0 amide bonds. The van der Waals surface area contributed by atoms with Gasteiger partial charge in [0.15, 0.2) is 0 Å². The van der Waals surface area contributed by atoms with Gasteiger partial charge in [0, 0.05) is 23.5 Å². The summed E-state index contributed by atoms with van der Waals surface area (Å²) in [7, 11) is 0. The second kappa shape index (κ2) is 11.3. The maximum atomic E-state index is 9.99. The van der Waals surface area contributed by atoms with Crippen LogP contribution in [0, 0.1) is 0 Å². The molecule has 7 nitrogen and oxygen atoms in total. The van der Waals surface area contributed by atoms with Crippen molar-refractivity contribution in [3.63, 3.8) is 0 Å². The zero-order valence-corrected chi connectivity index (χ0v) is 7.84. The summed E-state index contributed by atoms with van der Waals surface area (Å²) in [6.07, 6.45) is -0.224. The summed E-state index contributed by atoms with van der Waals surface area (Å²) in [5, 5.41) is 16.3. The maximum absolute atomic E-state index is 9.99. The SMILES string of the molecule is N[C@@H](CCC(=O)O)C(=O)O.O.O.[Mn]. The van der Waals surface area contributed by atoms with E-state index in [1.54, 1.807) is 0 Å². The number of carboxylic acids is 2. The van der Waals surface area contributed by atoms with Gasteiger partial charge in [-0.15, -0.1) is 0 Å². The molecular weight excluding hydrogens is 225 g/mol. The molecule has 0 fully saturated rings. The van der Waals surface area contributed by atoms with Gasteiger partial charge in [-0.3, -0.25) is 9.59 Å². The van der Waals surface area contributed by atoms with E-state index in [0.29, 0.717) is 0 Å². The number of hydrogen-bond acceptors (Lipinski definition) is 3. The molecule has 0 unspecified atom stereocenters. The topological polar surface area (TPSA) is 164 Å². The van der Waals surface area contributed by atoms with Crippen molar-refractivity contribution in [1.29, 1.82) is 0 Å². The van der Waals surface area contributed by atoms with Gasteiger partial charge in [0.05, 0.1) is 0 Å². The molecule has 1 atom stereocenters. The van der Waals surface area contributed by atoms with Crippen molar-refractivity contribution in [3.8, 4) is 0 Å². The van der Waals surface area contributed by atoms with E-state index in [4.69, 9.17) is 15.9 Å². The fourth-order valence-electron chi connectivity index (χ4n) is 0.402. The molecule has 0 aromatic carbocycles. The van der Waals surface area contributed by atoms with Crippen LogP contribution in [0.25, 0.3) is 0 Å². The molecule has 0 aromatic heterocycles. The third kappa shape index (κ3) is 14.2. The van der Waals surface area contributed by atoms with Crippen LogP contribution in [0.1, 0.15) is 12.8 Å². The van der Waals surface area contributed by atoms with Gasteiger partial charge in [-0.05, 0) is 6.42 Å². The van der Waals surface area contributed by atoms with Crippen LogP contribution in [0.15, 0.2) is 0 Å². The first-order chi connectivity index (χ1) is 4.54. The van der Waals surface area contributed by atoms with Crippen molar-refractivity contribution in [2.75, 3.05) is 0 Å². The molecule has 0 aliphatic heterocycles. The van der Waals surface area contributed by atoms with Crippen molar-refractivity contribution in [1.82, 2.24) is 0 Å². The predicted molar refractivity (Wildman–Crippen MR) is 39.7 cm³/mol. The Bertz CT molecular complexity index is 152. The molecule has 0 saturated carbocycles. The average molecular weight is 238 g/mol. The molecule has 8 heteroatoms. The molecule has 1 radical (unpaired) electrons. The van der Waals surface area contributed by atoms with Crippen molar-refractivity contribution in [2.24, 2.45) is 5.73 Å². The van der Waals surface area contributed by atoms with E-state index in [1.807, 2.05) is 0 Å². The van der Waals surface area contributed by atoms with Crippen LogP contribution in [0.5, 0.6) is 0 Å². The van der Waals surface area contributed by atoms with E-state index >= 15 is 0 Å². The molecule has 0 heterocycles. The Hall–Kier alpha value is -0.661. The molecule has 81 valence electrons. The molecule has 0 spiro atoms. The third-order valence-electron chi connectivity index (χ3n) is 0.986. The Kier molecular flexibility index (Phi) is 19.9. The number of aliphatic carboxylic acids is 2. The van der Waals surface area contributed by atoms with Crippen LogP contribution in [0.4, 0.5) is 0 Å². The zero-order chi connectivity index (χ0) is 8.15. The Morgan fingerprint density at radius 3 is 1.85 bits per heavy atom. The van der Waals surface area contributed by atoms with Crippen LogP contribution in [0.3, 0.4) is 0 Å². The maximum Gasteiger partial charge on any atom is 0.320 e. The summed E-state index contributed by atoms with van der Waals surface area (Å²) in [5.74, 6) is -2.20. The molecule has 8 N–H and O–H groups in total. The zero-order valence-electron chi connectivity index (χ0n) is 6.66. The van der Waals surface area contributed by atoms with E-state index in [0.717, 1.165) is 0 Å². The first kappa shape index (κ1) is 22.8. The molecule has 0 rings (SSSR count). The first-order valence-corrected chi connectivity index (χ1v) is 2.74. The van der Waals surface area contributed by atoms with E-state index in [1.165, 1.54) is 0 Å². The summed E-state index contributed by atoms with van der Waals surface area (Å²) in [6.45, 7) is 0. The largest absolute Gasteiger partial charge is 0.481 e. The summed E-state index contributed by atoms with van der Waals surface area (Å²) < 4.78 is 0. The quantitative estimate of drug-likeness (QED) is 0.464. The van der Waals surface area contributed by atoms with Crippen LogP contribution >= 0.6 is 0 Å². The summed E-state index contributed by atoms with van der Waals surface area (Å²) >= 11 is 0. The van der Waals surface area contributed by atoms with Crippen LogP contribution < -0.4 is 5.73 Å². The van der Waals surface area contributed by atoms with Gasteiger partial charge in [0.25, 0.3) is 0 Å². The van der Waals surface area contributed by atoms with Crippen LogP contribution in [-0.2, 0) is 26.7 Å². The molecule has 0 aliphatic rings. The van der Waals surface area contributed by atoms with Gasteiger partial charge in [-0.1, -0.05) is 0 Å². The van der Waals surface area contributed by atoms with Gasteiger partial charge < -0.3 is 26.9 Å². The van der Waals surface area contributed by atoms with Gasteiger partial charge >= 0.3 is 11.9 Å². The number of carbonyl (C=O) groups is 2. The smallest absolute Gasteiger partial charge is 0.320 e. The molecule has 0 aliphatic carbocycles. The fraction of sp³-hybridized carbons (Fsp3) is 0.600. The number of nitrogens with two attached hydrogens (primary N) is 1. The Balaban J connectivity index is -0.000000135. The monoisotopic (exact) mass is 238 g/mol. The normalized spacial score (nSPS) is 9.62. The van der Waals surface area contributed by atoms with Gasteiger partial charge in [0.1, 0.15) is 6.04 Å². The molecule has 0 aromatic rings. The van der Waals surface area contributed by atoms with Gasteiger partial charge in [0.2, 0.25) is 0 Å². The summed E-state index contributed by atoms with van der Waals surface area (Å²) in [5.41, 5.74) is 5.00. The van der Waals surface area contributed by atoms with E-state index in [2.05, 4.69) is 0 Å². The predicted octanol–water partition coefficient (Wildman–Crippen LogP) is -2.39. The fourth-order valence-corrected chi connectivity index (χ4v) is 0.402. The van der Waals surface area contributed by atoms with Crippen LogP contribution in [-0.4, -0.2) is 39.1 Å². The molecular formula is C5H13MnNO6.